The molecule has 2 heteroatoms. The Bertz CT molecular complexity index is 549. The number of halogens is 1. The summed E-state index contributed by atoms with van der Waals surface area (Å²) in [6, 6.07) is 17.9. The van der Waals surface area contributed by atoms with Crippen molar-refractivity contribution in [1.82, 2.24) is 0 Å². The van der Waals surface area contributed by atoms with Gasteiger partial charge in [-0.3, -0.25) is 0 Å². The summed E-state index contributed by atoms with van der Waals surface area (Å²) in [5.74, 6) is 0.430. The molecule has 1 atom stereocenters. The van der Waals surface area contributed by atoms with Crippen LogP contribution in [-0.4, -0.2) is 0 Å². The Hall–Kier alpha value is -1.78. The Morgan fingerprint density at radius 3 is 2.22 bits per heavy atom. The molecule has 0 saturated heterocycles. The minimum atomic E-state index is 0.430. The molecule has 1 nitrogen and oxygen atoms in total. The third-order valence-electron chi connectivity index (χ3n) is 3.06. The lowest BCUT2D eigenvalue weighted by Crippen LogP contribution is -1.98. The van der Waals surface area contributed by atoms with Crippen LogP contribution in [0.25, 0.3) is 0 Å². The van der Waals surface area contributed by atoms with Crippen molar-refractivity contribution in [2.24, 2.45) is 0 Å². The first kappa shape index (κ1) is 12.7. The van der Waals surface area contributed by atoms with Gasteiger partial charge in [0.2, 0.25) is 0 Å². The van der Waals surface area contributed by atoms with Crippen molar-refractivity contribution >= 4 is 11.6 Å². The molecule has 0 spiro atoms. The SMILES string of the molecule is CC(Cc1ccc(Cl)cc1)c1ccc(C#N)cc1. The molecule has 0 saturated carbocycles. The fourth-order valence-corrected chi connectivity index (χ4v) is 2.10. The molecule has 90 valence electrons. The van der Waals surface area contributed by atoms with E-state index in [0.29, 0.717) is 11.5 Å². The molecule has 0 amide bonds. The second-order valence-corrected chi connectivity index (χ2v) is 4.90. The largest absolute Gasteiger partial charge is 0.192 e. The third kappa shape index (κ3) is 3.12. The first-order chi connectivity index (χ1) is 8.69. The van der Waals surface area contributed by atoms with E-state index >= 15 is 0 Å². The van der Waals surface area contributed by atoms with Crippen LogP contribution in [0.5, 0.6) is 0 Å². The van der Waals surface area contributed by atoms with Crippen molar-refractivity contribution in [3.05, 3.63) is 70.2 Å². The Labute approximate surface area is 113 Å². The van der Waals surface area contributed by atoms with E-state index in [-0.39, 0.29) is 0 Å². The van der Waals surface area contributed by atoms with E-state index in [0.717, 1.165) is 11.4 Å². The van der Waals surface area contributed by atoms with E-state index in [9.17, 15) is 0 Å². The number of hydrogen-bond donors (Lipinski definition) is 0. The molecule has 0 heterocycles. The minimum absolute atomic E-state index is 0.430. The van der Waals surface area contributed by atoms with Crippen LogP contribution in [-0.2, 0) is 6.42 Å². The van der Waals surface area contributed by atoms with E-state index in [1.807, 2.05) is 36.4 Å². The highest BCUT2D eigenvalue weighted by molar-refractivity contribution is 6.30. The van der Waals surface area contributed by atoms with Crippen LogP contribution in [0.1, 0.15) is 29.5 Å². The molecule has 0 aliphatic heterocycles. The van der Waals surface area contributed by atoms with Gasteiger partial charge in [0.15, 0.2) is 0 Å². The predicted molar refractivity (Wildman–Crippen MR) is 74.7 cm³/mol. The van der Waals surface area contributed by atoms with Crippen molar-refractivity contribution in [3.63, 3.8) is 0 Å². The number of benzene rings is 2. The molecule has 2 aromatic rings. The lowest BCUT2D eigenvalue weighted by Gasteiger charge is -2.12. The molecule has 0 aliphatic rings. The monoisotopic (exact) mass is 255 g/mol. The van der Waals surface area contributed by atoms with Gasteiger partial charge in [-0.05, 0) is 47.7 Å². The second-order valence-electron chi connectivity index (χ2n) is 4.47. The number of hydrogen-bond acceptors (Lipinski definition) is 1. The highest BCUT2D eigenvalue weighted by Gasteiger charge is 2.06. The summed E-state index contributed by atoms with van der Waals surface area (Å²) in [6.45, 7) is 2.19. The Kier molecular flexibility index (Phi) is 4.02. The predicted octanol–water partition coefficient (Wildman–Crippen LogP) is 4.56. The fourth-order valence-electron chi connectivity index (χ4n) is 1.98. The van der Waals surface area contributed by atoms with Crippen LogP contribution < -0.4 is 0 Å². The summed E-state index contributed by atoms with van der Waals surface area (Å²) in [4.78, 5) is 0. The minimum Gasteiger partial charge on any atom is -0.192 e. The number of nitrogens with zero attached hydrogens (tertiary/aromatic N) is 1. The summed E-state index contributed by atoms with van der Waals surface area (Å²) in [6.07, 6.45) is 0.975. The summed E-state index contributed by atoms with van der Waals surface area (Å²) in [5, 5.41) is 9.53. The second kappa shape index (κ2) is 5.71. The van der Waals surface area contributed by atoms with Gasteiger partial charge in [-0.1, -0.05) is 42.8 Å². The molecule has 2 rings (SSSR count). The highest BCUT2D eigenvalue weighted by atomic mass is 35.5. The summed E-state index contributed by atoms with van der Waals surface area (Å²) in [7, 11) is 0. The summed E-state index contributed by atoms with van der Waals surface area (Å²) < 4.78 is 0. The van der Waals surface area contributed by atoms with Crippen molar-refractivity contribution < 1.29 is 0 Å². The molecular weight excluding hydrogens is 242 g/mol. The van der Waals surface area contributed by atoms with Crippen LogP contribution in [0.4, 0.5) is 0 Å². The van der Waals surface area contributed by atoms with Gasteiger partial charge in [-0.15, -0.1) is 0 Å². The first-order valence-corrected chi connectivity index (χ1v) is 6.31. The van der Waals surface area contributed by atoms with Crippen LogP contribution >= 0.6 is 11.6 Å². The van der Waals surface area contributed by atoms with E-state index < -0.39 is 0 Å². The lowest BCUT2D eigenvalue weighted by molar-refractivity contribution is 0.759. The quantitative estimate of drug-likeness (QED) is 0.789. The van der Waals surface area contributed by atoms with Crippen molar-refractivity contribution in [2.45, 2.75) is 19.3 Å². The Morgan fingerprint density at radius 2 is 1.67 bits per heavy atom. The van der Waals surface area contributed by atoms with Crippen LogP contribution in [0.3, 0.4) is 0 Å². The van der Waals surface area contributed by atoms with Crippen molar-refractivity contribution in [2.75, 3.05) is 0 Å². The van der Waals surface area contributed by atoms with Gasteiger partial charge >= 0.3 is 0 Å². The molecule has 0 radical (unpaired) electrons. The summed E-state index contributed by atoms with van der Waals surface area (Å²) >= 11 is 5.87. The van der Waals surface area contributed by atoms with Gasteiger partial charge in [0.1, 0.15) is 0 Å². The normalized spacial score (nSPS) is 11.8. The van der Waals surface area contributed by atoms with E-state index in [2.05, 4.69) is 25.1 Å². The van der Waals surface area contributed by atoms with Gasteiger partial charge in [0.25, 0.3) is 0 Å². The molecule has 0 bridgehead atoms. The van der Waals surface area contributed by atoms with E-state index in [4.69, 9.17) is 16.9 Å². The maximum atomic E-state index is 8.77. The van der Waals surface area contributed by atoms with Crippen molar-refractivity contribution in [1.29, 1.82) is 5.26 Å². The zero-order valence-electron chi connectivity index (χ0n) is 10.2. The van der Waals surface area contributed by atoms with Crippen LogP contribution in [0.15, 0.2) is 48.5 Å². The standard InChI is InChI=1S/C16H14ClN/c1-12(10-13-4-8-16(17)9-5-13)15-6-2-14(11-18)3-7-15/h2-9,12H,10H2,1H3. The average molecular weight is 256 g/mol. The molecule has 2 aromatic carbocycles. The van der Waals surface area contributed by atoms with Crippen molar-refractivity contribution in [3.8, 4) is 6.07 Å². The molecule has 0 aliphatic carbocycles. The van der Waals surface area contributed by atoms with Gasteiger partial charge < -0.3 is 0 Å². The molecule has 18 heavy (non-hydrogen) atoms. The molecule has 0 aromatic heterocycles. The zero-order chi connectivity index (χ0) is 13.0. The smallest absolute Gasteiger partial charge is 0.0991 e. The maximum absolute atomic E-state index is 8.77. The molecule has 0 fully saturated rings. The van der Waals surface area contributed by atoms with Gasteiger partial charge in [-0.25, -0.2) is 0 Å². The van der Waals surface area contributed by atoms with E-state index in [1.165, 1.54) is 11.1 Å². The number of rotatable bonds is 3. The Balaban J connectivity index is 2.09. The highest BCUT2D eigenvalue weighted by Crippen LogP contribution is 2.21. The summed E-state index contributed by atoms with van der Waals surface area (Å²) in [5.41, 5.74) is 3.23. The maximum Gasteiger partial charge on any atom is 0.0991 e. The lowest BCUT2D eigenvalue weighted by atomic mass is 9.93. The number of nitriles is 1. The molecule has 0 N–H and O–H groups in total. The average Bonchev–Trinajstić information content (AvgIpc) is 2.41. The third-order valence-corrected chi connectivity index (χ3v) is 3.32. The van der Waals surface area contributed by atoms with E-state index in [1.54, 1.807) is 0 Å². The zero-order valence-corrected chi connectivity index (χ0v) is 11.0. The first-order valence-electron chi connectivity index (χ1n) is 5.93. The Morgan fingerprint density at radius 1 is 1.06 bits per heavy atom. The topological polar surface area (TPSA) is 23.8 Å². The molecular formula is C16H14ClN. The molecule has 1 unspecified atom stereocenters. The fraction of sp³-hybridized carbons (Fsp3) is 0.188. The van der Waals surface area contributed by atoms with Gasteiger partial charge in [0.05, 0.1) is 11.6 Å². The van der Waals surface area contributed by atoms with Gasteiger partial charge in [0, 0.05) is 5.02 Å². The van der Waals surface area contributed by atoms with Gasteiger partial charge in [-0.2, -0.15) is 5.26 Å². The van der Waals surface area contributed by atoms with Crippen LogP contribution in [0, 0.1) is 11.3 Å². The van der Waals surface area contributed by atoms with Crippen LogP contribution in [0.2, 0.25) is 5.02 Å².